The van der Waals surface area contributed by atoms with Gasteiger partial charge in [0.1, 0.15) is 11.6 Å². The minimum absolute atomic E-state index is 0.0193. The summed E-state index contributed by atoms with van der Waals surface area (Å²) in [5, 5.41) is 10.2. The first-order valence-electron chi connectivity index (χ1n) is 7.33. The van der Waals surface area contributed by atoms with Gasteiger partial charge in [-0.05, 0) is 36.2 Å². The highest BCUT2D eigenvalue weighted by molar-refractivity contribution is 7.89. The summed E-state index contributed by atoms with van der Waals surface area (Å²) >= 11 is 0. The number of amides is 1. The van der Waals surface area contributed by atoms with Gasteiger partial charge in [-0.3, -0.25) is 4.79 Å². The molecule has 0 heterocycles. The molecule has 0 saturated heterocycles. The number of carbonyl (C=O) groups is 1. The fourth-order valence-corrected chi connectivity index (χ4v) is 2.58. The second-order valence-electron chi connectivity index (χ2n) is 5.27. The number of hydrogen-bond acceptors (Lipinski definition) is 4. The lowest BCUT2D eigenvalue weighted by Gasteiger charge is -2.09. The Kier molecular flexibility index (Phi) is 6.05. The predicted molar refractivity (Wildman–Crippen MR) is 89.4 cm³/mol. The number of anilines is 1. The van der Waals surface area contributed by atoms with Crippen molar-refractivity contribution in [3.05, 3.63) is 59.7 Å². The maximum atomic E-state index is 13.4. The highest BCUT2D eigenvalue weighted by atomic mass is 32.2. The van der Waals surface area contributed by atoms with Gasteiger partial charge >= 0.3 is 0 Å². The molecule has 2 aromatic carbocycles. The lowest BCUT2D eigenvalue weighted by atomic mass is 10.1. The van der Waals surface area contributed by atoms with Crippen LogP contribution in [0.15, 0.2) is 47.4 Å². The fourth-order valence-electron chi connectivity index (χ4n) is 2.06. The Morgan fingerprint density at radius 2 is 1.76 bits per heavy atom. The molecular formula is C16H17F2N3O3S. The number of halogens is 2. The van der Waals surface area contributed by atoms with Crippen LogP contribution in [0.5, 0.6) is 0 Å². The first-order chi connectivity index (χ1) is 11.8. The van der Waals surface area contributed by atoms with Crippen molar-refractivity contribution in [2.75, 3.05) is 18.4 Å². The van der Waals surface area contributed by atoms with E-state index >= 15 is 0 Å². The van der Waals surface area contributed by atoms with Gasteiger partial charge in [0.25, 0.3) is 0 Å². The van der Waals surface area contributed by atoms with E-state index in [2.05, 4.69) is 10.6 Å². The summed E-state index contributed by atoms with van der Waals surface area (Å²) in [6, 6.07) is 9.04. The molecule has 0 fully saturated rings. The number of primary sulfonamides is 1. The van der Waals surface area contributed by atoms with E-state index in [1.54, 1.807) is 12.1 Å². The summed E-state index contributed by atoms with van der Waals surface area (Å²) in [6.07, 6.45) is 0.488. The summed E-state index contributed by atoms with van der Waals surface area (Å²) in [6.45, 7) is 0.161. The van der Waals surface area contributed by atoms with Crippen molar-refractivity contribution in [2.45, 2.75) is 11.3 Å². The number of nitrogens with one attached hydrogen (secondary N) is 2. The molecule has 2 aromatic rings. The molecule has 0 saturated carbocycles. The van der Waals surface area contributed by atoms with Crippen molar-refractivity contribution in [3.63, 3.8) is 0 Å². The van der Waals surface area contributed by atoms with Crippen LogP contribution in [0.1, 0.15) is 5.56 Å². The average molecular weight is 369 g/mol. The van der Waals surface area contributed by atoms with Crippen LogP contribution in [0.4, 0.5) is 14.5 Å². The first-order valence-corrected chi connectivity index (χ1v) is 8.88. The first kappa shape index (κ1) is 18.8. The van der Waals surface area contributed by atoms with Crippen LogP contribution in [0.25, 0.3) is 0 Å². The average Bonchev–Trinajstić information content (AvgIpc) is 2.53. The number of nitrogens with two attached hydrogens (primary N) is 1. The monoisotopic (exact) mass is 369 g/mol. The molecule has 0 atom stereocenters. The van der Waals surface area contributed by atoms with Crippen molar-refractivity contribution in [3.8, 4) is 0 Å². The molecule has 1 amide bonds. The second kappa shape index (κ2) is 8.04. The third-order valence-electron chi connectivity index (χ3n) is 3.36. The Balaban J connectivity index is 1.77. The van der Waals surface area contributed by atoms with Gasteiger partial charge in [-0.1, -0.05) is 12.1 Å². The van der Waals surface area contributed by atoms with Crippen molar-refractivity contribution in [1.82, 2.24) is 5.32 Å². The molecule has 9 heteroatoms. The molecule has 0 aliphatic carbocycles. The lowest BCUT2D eigenvalue weighted by molar-refractivity contribution is -0.119. The second-order valence-corrected chi connectivity index (χ2v) is 6.83. The van der Waals surface area contributed by atoms with Crippen LogP contribution in [0, 0.1) is 11.6 Å². The number of hydrogen-bond donors (Lipinski definition) is 3. The van der Waals surface area contributed by atoms with E-state index in [0.29, 0.717) is 13.0 Å². The Hall–Kier alpha value is -2.52. The predicted octanol–water partition coefficient (Wildman–Crippen LogP) is 1.38. The van der Waals surface area contributed by atoms with Gasteiger partial charge in [-0.15, -0.1) is 0 Å². The van der Waals surface area contributed by atoms with Gasteiger partial charge in [0.05, 0.1) is 17.1 Å². The molecule has 0 bridgehead atoms. The normalized spacial score (nSPS) is 11.2. The zero-order valence-corrected chi connectivity index (χ0v) is 13.9. The summed E-state index contributed by atoms with van der Waals surface area (Å²) in [4.78, 5) is 11.7. The van der Waals surface area contributed by atoms with E-state index in [4.69, 9.17) is 5.14 Å². The van der Waals surface area contributed by atoms with Crippen LogP contribution in [-0.4, -0.2) is 27.4 Å². The molecule has 0 aromatic heterocycles. The van der Waals surface area contributed by atoms with E-state index in [0.717, 1.165) is 17.7 Å². The largest absolute Gasteiger partial charge is 0.374 e. The summed E-state index contributed by atoms with van der Waals surface area (Å²) in [5.41, 5.74) is 0.861. The van der Waals surface area contributed by atoms with Crippen molar-refractivity contribution >= 4 is 21.6 Å². The number of carbonyl (C=O) groups excluding carboxylic acids is 1. The van der Waals surface area contributed by atoms with Crippen molar-refractivity contribution in [1.29, 1.82) is 0 Å². The topological polar surface area (TPSA) is 101 Å². The molecule has 2 rings (SSSR count). The van der Waals surface area contributed by atoms with Gasteiger partial charge in [0.15, 0.2) is 0 Å². The van der Waals surface area contributed by atoms with E-state index in [-0.39, 0.29) is 23.0 Å². The van der Waals surface area contributed by atoms with Gasteiger partial charge < -0.3 is 10.6 Å². The maximum Gasteiger partial charge on any atom is 0.239 e. The maximum absolute atomic E-state index is 13.4. The highest BCUT2D eigenvalue weighted by Crippen LogP contribution is 2.14. The zero-order valence-electron chi connectivity index (χ0n) is 13.1. The molecule has 0 aliphatic rings. The summed E-state index contributed by atoms with van der Waals surface area (Å²) in [7, 11) is -3.73. The molecule has 134 valence electrons. The Bertz CT molecular complexity index is 855. The van der Waals surface area contributed by atoms with Gasteiger partial charge in [0, 0.05) is 12.6 Å². The molecule has 6 nitrogen and oxygen atoms in total. The Labute approximate surface area is 144 Å². The molecule has 0 aliphatic heterocycles. The van der Waals surface area contributed by atoms with Crippen LogP contribution < -0.4 is 15.8 Å². The van der Waals surface area contributed by atoms with Crippen LogP contribution in [0.2, 0.25) is 0 Å². The minimum atomic E-state index is -3.73. The number of rotatable bonds is 7. The van der Waals surface area contributed by atoms with Crippen LogP contribution >= 0.6 is 0 Å². The highest BCUT2D eigenvalue weighted by Gasteiger charge is 2.08. The fraction of sp³-hybridized carbons (Fsp3) is 0.188. The summed E-state index contributed by atoms with van der Waals surface area (Å²) in [5.74, 6) is -1.83. The minimum Gasteiger partial charge on any atom is -0.374 e. The number of benzene rings is 2. The van der Waals surface area contributed by atoms with Crippen LogP contribution in [-0.2, 0) is 21.2 Å². The molecule has 0 spiro atoms. The third-order valence-corrected chi connectivity index (χ3v) is 4.29. The Morgan fingerprint density at radius 3 is 2.36 bits per heavy atom. The SMILES string of the molecule is NS(=O)(=O)c1ccc(CCNC(=O)CNc2ccc(F)cc2F)cc1. The molecule has 4 N–H and O–H groups in total. The van der Waals surface area contributed by atoms with E-state index in [1.807, 2.05) is 0 Å². The number of sulfonamides is 1. The smallest absolute Gasteiger partial charge is 0.239 e. The molecule has 25 heavy (non-hydrogen) atoms. The zero-order chi connectivity index (χ0) is 18.4. The van der Waals surface area contributed by atoms with Gasteiger partial charge in [0.2, 0.25) is 15.9 Å². The van der Waals surface area contributed by atoms with Crippen molar-refractivity contribution < 1.29 is 22.0 Å². The Morgan fingerprint density at radius 1 is 1.08 bits per heavy atom. The van der Waals surface area contributed by atoms with E-state index in [9.17, 15) is 22.0 Å². The van der Waals surface area contributed by atoms with E-state index < -0.39 is 21.7 Å². The van der Waals surface area contributed by atoms with E-state index in [1.165, 1.54) is 18.2 Å². The molecule has 0 unspecified atom stereocenters. The third kappa shape index (κ3) is 5.80. The van der Waals surface area contributed by atoms with Crippen LogP contribution in [0.3, 0.4) is 0 Å². The summed E-state index contributed by atoms with van der Waals surface area (Å²) < 4.78 is 48.5. The standard InChI is InChI=1S/C16H17F2N3O3S/c17-12-3-6-15(14(18)9-12)21-10-16(22)20-8-7-11-1-4-13(5-2-11)25(19,23)24/h1-6,9,21H,7-8,10H2,(H,20,22)(H2,19,23,24). The van der Waals surface area contributed by atoms with Crippen molar-refractivity contribution in [2.24, 2.45) is 5.14 Å². The molecular weight excluding hydrogens is 352 g/mol. The lowest BCUT2D eigenvalue weighted by Crippen LogP contribution is -2.31. The molecule has 0 radical (unpaired) electrons. The van der Waals surface area contributed by atoms with Gasteiger partial charge in [-0.2, -0.15) is 0 Å². The van der Waals surface area contributed by atoms with Gasteiger partial charge in [-0.25, -0.2) is 22.3 Å². The quantitative estimate of drug-likeness (QED) is 0.686.